The molecule has 2 heteroatoms. The molecular weight excluding hydrogens is 260 g/mol. The molecule has 0 amide bonds. The van der Waals surface area contributed by atoms with Crippen LogP contribution in [0.1, 0.15) is 43.0 Å². The summed E-state index contributed by atoms with van der Waals surface area (Å²) in [5.41, 5.74) is 3.78. The van der Waals surface area contributed by atoms with Crippen molar-refractivity contribution in [1.29, 1.82) is 0 Å². The van der Waals surface area contributed by atoms with Gasteiger partial charge in [0.05, 0.1) is 0 Å². The lowest BCUT2D eigenvalue weighted by atomic mass is 9.85. The van der Waals surface area contributed by atoms with Gasteiger partial charge in [-0.2, -0.15) is 0 Å². The monoisotopic (exact) mass is 282 g/mol. The van der Waals surface area contributed by atoms with Crippen LogP contribution in [0.15, 0.2) is 36.4 Å². The summed E-state index contributed by atoms with van der Waals surface area (Å²) < 4.78 is 0. The van der Waals surface area contributed by atoms with Crippen LogP contribution in [0.2, 0.25) is 0 Å². The number of aromatic hydroxyl groups is 2. The highest BCUT2D eigenvalue weighted by atomic mass is 16.3. The predicted octanol–water partition coefficient (Wildman–Crippen LogP) is 4.87. The highest BCUT2D eigenvalue weighted by Gasteiger charge is 2.17. The predicted molar refractivity (Wildman–Crippen MR) is 88.6 cm³/mol. The molecule has 2 N–H and O–H groups in total. The van der Waals surface area contributed by atoms with Crippen LogP contribution >= 0.6 is 0 Å². The molecule has 0 heterocycles. The van der Waals surface area contributed by atoms with Crippen molar-refractivity contribution in [3.05, 3.63) is 58.7 Å². The van der Waals surface area contributed by atoms with Crippen LogP contribution in [-0.4, -0.2) is 10.2 Å². The van der Waals surface area contributed by atoms with Crippen LogP contribution in [0.5, 0.6) is 11.5 Å². The Labute approximate surface area is 126 Å². The molecule has 0 aliphatic rings. The molecule has 0 spiro atoms. The van der Waals surface area contributed by atoms with Crippen LogP contribution in [0.3, 0.4) is 0 Å². The Morgan fingerprint density at radius 3 is 1.86 bits per heavy atom. The molecule has 0 saturated heterocycles. The third-order valence-corrected chi connectivity index (χ3v) is 3.52. The number of hydrogen-bond donors (Lipinski definition) is 2. The Morgan fingerprint density at radius 2 is 1.33 bits per heavy atom. The van der Waals surface area contributed by atoms with E-state index < -0.39 is 0 Å². The average Bonchev–Trinajstić information content (AvgIpc) is 2.40. The zero-order chi connectivity index (χ0) is 15.6. The first-order valence-corrected chi connectivity index (χ1v) is 7.08. The van der Waals surface area contributed by atoms with Crippen LogP contribution < -0.4 is 0 Å². The van der Waals surface area contributed by atoms with Crippen molar-refractivity contribution in [2.45, 2.75) is 33.1 Å². The molecule has 110 valence electrons. The fourth-order valence-electron chi connectivity index (χ4n) is 2.23. The standard InChI is InChI=1S/C19H22O2/c1-13-11-14(7-9-17(13)20)5-6-15-8-10-18(21)16(12-15)19(2,3)4/h5-12,20-21H,1-4H3. The van der Waals surface area contributed by atoms with Gasteiger partial charge in [-0.25, -0.2) is 0 Å². The van der Waals surface area contributed by atoms with E-state index in [1.54, 1.807) is 12.1 Å². The zero-order valence-corrected chi connectivity index (χ0v) is 13.0. The lowest BCUT2D eigenvalue weighted by Crippen LogP contribution is -2.11. The molecule has 0 aliphatic heterocycles. The molecule has 21 heavy (non-hydrogen) atoms. The van der Waals surface area contributed by atoms with Gasteiger partial charge in [0.25, 0.3) is 0 Å². The maximum atomic E-state index is 9.97. The van der Waals surface area contributed by atoms with Gasteiger partial charge in [-0.1, -0.05) is 45.1 Å². The zero-order valence-electron chi connectivity index (χ0n) is 13.0. The van der Waals surface area contributed by atoms with Crippen molar-refractivity contribution in [3.8, 4) is 11.5 Å². The first-order chi connectivity index (χ1) is 9.77. The van der Waals surface area contributed by atoms with E-state index in [1.807, 2.05) is 43.3 Å². The van der Waals surface area contributed by atoms with E-state index in [0.29, 0.717) is 11.5 Å². The molecule has 2 rings (SSSR count). The minimum Gasteiger partial charge on any atom is -0.508 e. The van der Waals surface area contributed by atoms with Gasteiger partial charge in [0.15, 0.2) is 0 Å². The van der Waals surface area contributed by atoms with E-state index in [-0.39, 0.29) is 5.41 Å². The minimum atomic E-state index is -0.0942. The lowest BCUT2D eigenvalue weighted by molar-refractivity contribution is 0.446. The topological polar surface area (TPSA) is 40.5 Å². The summed E-state index contributed by atoms with van der Waals surface area (Å²) in [4.78, 5) is 0. The quantitative estimate of drug-likeness (QED) is 0.771. The van der Waals surface area contributed by atoms with Crippen molar-refractivity contribution in [3.63, 3.8) is 0 Å². The minimum absolute atomic E-state index is 0.0942. The highest BCUT2D eigenvalue weighted by Crippen LogP contribution is 2.31. The smallest absolute Gasteiger partial charge is 0.119 e. The number of rotatable bonds is 2. The van der Waals surface area contributed by atoms with Crippen LogP contribution in [-0.2, 0) is 5.41 Å². The molecule has 0 aromatic heterocycles. The molecule has 2 nitrogen and oxygen atoms in total. The molecule has 0 bridgehead atoms. The SMILES string of the molecule is Cc1cc(C=Cc2ccc(O)c(C(C)(C)C)c2)ccc1O. The van der Waals surface area contributed by atoms with Crippen LogP contribution in [0.4, 0.5) is 0 Å². The van der Waals surface area contributed by atoms with Crippen molar-refractivity contribution >= 4 is 12.2 Å². The van der Waals surface area contributed by atoms with E-state index >= 15 is 0 Å². The summed E-state index contributed by atoms with van der Waals surface area (Å²) in [6, 6.07) is 11.2. The maximum absolute atomic E-state index is 9.97. The van der Waals surface area contributed by atoms with Gasteiger partial charge in [-0.05, 0) is 58.9 Å². The third-order valence-electron chi connectivity index (χ3n) is 3.52. The Bertz CT molecular complexity index is 676. The summed E-state index contributed by atoms with van der Waals surface area (Å²) in [5.74, 6) is 0.645. The summed E-state index contributed by atoms with van der Waals surface area (Å²) in [6.07, 6.45) is 4.02. The van der Waals surface area contributed by atoms with Crippen LogP contribution in [0.25, 0.3) is 12.2 Å². The molecule has 0 atom stereocenters. The van der Waals surface area contributed by atoms with Gasteiger partial charge in [-0.3, -0.25) is 0 Å². The van der Waals surface area contributed by atoms with Crippen molar-refractivity contribution in [1.82, 2.24) is 0 Å². The normalized spacial score (nSPS) is 12.0. The van der Waals surface area contributed by atoms with Gasteiger partial charge in [0.1, 0.15) is 11.5 Å². The summed E-state index contributed by atoms with van der Waals surface area (Å²) >= 11 is 0. The number of phenolic OH excluding ortho intramolecular Hbond substituents is 2. The Morgan fingerprint density at radius 1 is 0.810 bits per heavy atom. The molecule has 0 fully saturated rings. The lowest BCUT2D eigenvalue weighted by Gasteiger charge is -2.20. The molecule has 2 aromatic carbocycles. The molecule has 2 aromatic rings. The largest absolute Gasteiger partial charge is 0.508 e. The van der Waals surface area contributed by atoms with E-state index in [1.165, 1.54) is 0 Å². The molecule has 0 unspecified atom stereocenters. The summed E-state index contributed by atoms with van der Waals surface area (Å²) in [5, 5.41) is 19.5. The van der Waals surface area contributed by atoms with Gasteiger partial charge < -0.3 is 10.2 Å². The first-order valence-electron chi connectivity index (χ1n) is 7.08. The Balaban J connectivity index is 2.31. The van der Waals surface area contributed by atoms with E-state index in [4.69, 9.17) is 0 Å². The van der Waals surface area contributed by atoms with Crippen molar-refractivity contribution in [2.24, 2.45) is 0 Å². The highest BCUT2D eigenvalue weighted by molar-refractivity contribution is 5.71. The average molecular weight is 282 g/mol. The number of aryl methyl sites for hydroxylation is 1. The van der Waals surface area contributed by atoms with E-state index in [0.717, 1.165) is 22.3 Å². The second-order valence-electron chi connectivity index (χ2n) is 6.41. The van der Waals surface area contributed by atoms with Gasteiger partial charge >= 0.3 is 0 Å². The van der Waals surface area contributed by atoms with Gasteiger partial charge in [0.2, 0.25) is 0 Å². The van der Waals surface area contributed by atoms with Crippen molar-refractivity contribution in [2.75, 3.05) is 0 Å². The second kappa shape index (κ2) is 5.65. The van der Waals surface area contributed by atoms with Gasteiger partial charge in [0, 0.05) is 0 Å². The molecule has 0 aliphatic carbocycles. The molecular formula is C19H22O2. The Hall–Kier alpha value is -2.22. The van der Waals surface area contributed by atoms with Crippen LogP contribution in [0, 0.1) is 6.92 Å². The van der Waals surface area contributed by atoms with Crippen molar-refractivity contribution < 1.29 is 10.2 Å². The van der Waals surface area contributed by atoms with E-state index in [9.17, 15) is 10.2 Å². The maximum Gasteiger partial charge on any atom is 0.119 e. The summed E-state index contributed by atoms with van der Waals surface area (Å²) in [7, 11) is 0. The first kappa shape index (κ1) is 15.2. The number of phenols is 2. The third kappa shape index (κ3) is 3.66. The summed E-state index contributed by atoms with van der Waals surface area (Å²) in [6.45, 7) is 8.13. The second-order valence-corrected chi connectivity index (χ2v) is 6.41. The fraction of sp³-hybridized carbons (Fsp3) is 0.263. The van der Waals surface area contributed by atoms with E-state index in [2.05, 4.69) is 20.8 Å². The molecule has 0 saturated carbocycles. The number of hydrogen-bond acceptors (Lipinski definition) is 2. The Kier molecular flexibility index (Phi) is 4.08. The fourth-order valence-corrected chi connectivity index (χ4v) is 2.23. The molecule has 0 radical (unpaired) electrons. The number of benzene rings is 2. The van der Waals surface area contributed by atoms with Gasteiger partial charge in [-0.15, -0.1) is 0 Å².